The summed E-state index contributed by atoms with van der Waals surface area (Å²) >= 11 is 0. The molecule has 8 aromatic carbocycles. The molecule has 0 saturated carbocycles. The predicted molar refractivity (Wildman–Crippen MR) is 197 cm³/mol. The maximum Gasteiger partial charge on any atom is 0.145 e. The SMILES string of the molecule is c1ccc(-n2c3ccccc3c3c4oc5c(ccc6c5c5ccccc5n6-c5cc6ccccc6c6ccccc56)c4ccc32)cc1. The number of hydrogen-bond donors (Lipinski definition) is 0. The first kappa shape index (κ1) is 24.9. The van der Waals surface area contributed by atoms with E-state index < -0.39 is 0 Å². The van der Waals surface area contributed by atoms with E-state index in [1.807, 2.05) is 0 Å². The Kier molecular flexibility index (Phi) is 4.84. The molecule has 0 spiro atoms. The Morgan fingerprint density at radius 3 is 1.53 bits per heavy atom. The molecule has 218 valence electrons. The number of hydrogen-bond acceptors (Lipinski definition) is 1. The number of fused-ring (bicyclic) bond motifs is 14. The highest BCUT2D eigenvalue weighted by Crippen LogP contribution is 2.45. The molecule has 3 nitrogen and oxygen atoms in total. The van der Waals surface area contributed by atoms with Gasteiger partial charge in [0.05, 0.1) is 38.5 Å². The Morgan fingerprint density at radius 1 is 0.340 bits per heavy atom. The van der Waals surface area contributed by atoms with E-state index in [9.17, 15) is 0 Å². The van der Waals surface area contributed by atoms with Gasteiger partial charge in [0, 0.05) is 32.6 Å². The van der Waals surface area contributed by atoms with Crippen LogP contribution in [0.2, 0.25) is 0 Å². The normalized spacial score (nSPS) is 12.3. The Labute approximate surface area is 269 Å². The van der Waals surface area contributed by atoms with Crippen LogP contribution in [0, 0.1) is 0 Å². The van der Waals surface area contributed by atoms with E-state index in [4.69, 9.17) is 4.42 Å². The van der Waals surface area contributed by atoms with Crippen molar-refractivity contribution >= 4 is 87.1 Å². The minimum Gasteiger partial charge on any atom is -0.455 e. The summed E-state index contributed by atoms with van der Waals surface area (Å²) in [5.41, 5.74) is 8.81. The zero-order valence-corrected chi connectivity index (χ0v) is 25.3. The van der Waals surface area contributed by atoms with Crippen LogP contribution in [0.5, 0.6) is 0 Å². The number of nitrogens with zero attached hydrogens (tertiary/aromatic N) is 2. The monoisotopic (exact) mass is 598 g/mol. The summed E-state index contributed by atoms with van der Waals surface area (Å²) in [6, 6.07) is 56.8. The van der Waals surface area contributed by atoms with Gasteiger partial charge in [0.15, 0.2) is 0 Å². The molecule has 0 bridgehead atoms. The van der Waals surface area contributed by atoms with Gasteiger partial charge < -0.3 is 13.6 Å². The Bertz CT molecular complexity index is 3070. The molecule has 3 heteroatoms. The van der Waals surface area contributed by atoms with Crippen LogP contribution in [0.15, 0.2) is 162 Å². The van der Waals surface area contributed by atoms with Crippen molar-refractivity contribution in [2.75, 3.05) is 0 Å². The van der Waals surface area contributed by atoms with Crippen molar-refractivity contribution in [3.63, 3.8) is 0 Å². The summed E-state index contributed by atoms with van der Waals surface area (Å²) in [6.07, 6.45) is 0. The third-order valence-corrected chi connectivity index (χ3v) is 10.1. The average molecular weight is 599 g/mol. The highest BCUT2D eigenvalue weighted by atomic mass is 16.3. The van der Waals surface area contributed by atoms with Gasteiger partial charge >= 0.3 is 0 Å². The van der Waals surface area contributed by atoms with Gasteiger partial charge in [-0.25, -0.2) is 0 Å². The summed E-state index contributed by atoms with van der Waals surface area (Å²) in [5.74, 6) is 0. The van der Waals surface area contributed by atoms with E-state index in [-0.39, 0.29) is 0 Å². The second kappa shape index (κ2) is 9.12. The van der Waals surface area contributed by atoms with Crippen LogP contribution in [0.4, 0.5) is 0 Å². The molecule has 0 saturated heterocycles. The van der Waals surface area contributed by atoms with Gasteiger partial charge in [-0.15, -0.1) is 0 Å². The molecule has 0 aliphatic carbocycles. The summed E-state index contributed by atoms with van der Waals surface area (Å²) in [4.78, 5) is 0. The van der Waals surface area contributed by atoms with Crippen molar-refractivity contribution in [3.8, 4) is 11.4 Å². The van der Waals surface area contributed by atoms with Crippen LogP contribution in [0.25, 0.3) is 98.5 Å². The van der Waals surface area contributed by atoms with Crippen LogP contribution in [0.3, 0.4) is 0 Å². The highest BCUT2D eigenvalue weighted by Gasteiger charge is 2.23. The number of para-hydroxylation sites is 3. The largest absolute Gasteiger partial charge is 0.455 e. The molecule has 0 N–H and O–H groups in total. The molecule has 11 aromatic rings. The van der Waals surface area contributed by atoms with E-state index in [1.165, 1.54) is 49.0 Å². The molecule has 0 fully saturated rings. The molecule has 0 atom stereocenters. The van der Waals surface area contributed by atoms with Crippen LogP contribution < -0.4 is 0 Å². The molecule has 0 amide bonds. The third kappa shape index (κ3) is 3.25. The molecule has 0 aliphatic rings. The van der Waals surface area contributed by atoms with Gasteiger partial charge in [-0.1, -0.05) is 103 Å². The zero-order valence-electron chi connectivity index (χ0n) is 25.3. The van der Waals surface area contributed by atoms with E-state index in [0.29, 0.717) is 0 Å². The Balaban J connectivity index is 1.29. The fourth-order valence-corrected chi connectivity index (χ4v) is 8.13. The van der Waals surface area contributed by atoms with Crippen molar-refractivity contribution in [2.45, 2.75) is 0 Å². The quantitative estimate of drug-likeness (QED) is 0.182. The lowest BCUT2D eigenvalue weighted by molar-refractivity contribution is 0.677. The molecular weight excluding hydrogens is 572 g/mol. The summed E-state index contributed by atoms with van der Waals surface area (Å²) < 4.78 is 11.9. The van der Waals surface area contributed by atoms with Crippen molar-refractivity contribution in [2.24, 2.45) is 0 Å². The van der Waals surface area contributed by atoms with E-state index >= 15 is 0 Å². The number of furan rings is 1. The summed E-state index contributed by atoms with van der Waals surface area (Å²) in [6.45, 7) is 0. The van der Waals surface area contributed by atoms with Gasteiger partial charge in [0.1, 0.15) is 11.2 Å². The van der Waals surface area contributed by atoms with E-state index in [1.54, 1.807) is 0 Å². The lowest BCUT2D eigenvalue weighted by atomic mass is 10.00. The summed E-state index contributed by atoms with van der Waals surface area (Å²) in [7, 11) is 0. The van der Waals surface area contributed by atoms with Crippen LogP contribution in [0.1, 0.15) is 0 Å². The second-order valence-corrected chi connectivity index (χ2v) is 12.5. The molecule has 3 aromatic heterocycles. The standard InChI is InChI=1S/C44H26N2O/c1-2-13-28(14-3-1)45-36-20-10-8-18-34(36)41-38(45)24-22-32-33-23-25-39-42(44(33)47-43(32)41)35-19-9-11-21-37(35)46(39)40-26-27-12-4-5-15-29(27)30-16-6-7-17-31(30)40/h1-26H. The maximum atomic E-state index is 7.12. The van der Waals surface area contributed by atoms with Crippen LogP contribution in [-0.2, 0) is 0 Å². The third-order valence-electron chi connectivity index (χ3n) is 10.1. The molecule has 47 heavy (non-hydrogen) atoms. The molecule has 11 rings (SSSR count). The number of rotatable bonds is 2. The highest BCUT2D eigenvalue weighted by molar-refractivity contribution is 6.29. The maximum absolute atomic E-state index is 7.12. The fourth-order valence-electron chi connectivity index (χ4n) is 8.13. The van der Waals surface area contributed by atoms with Crippen LogP contribution >= 0.6 is 0 Å². The minimum absolute atomic E-state index is 0.932. The average Bonchev–Trinajstić information content (AvgIpc) is 3.79. The fraction of sp³-hybridized carbons (Fsp3) is 0. The topological polar surface area (TPSA) is 23.0 Å². The number of aromatic nitrogens is 2. The Hall–Kier alpha value is -6.32. The van der Waals surface area contributed by atoms with Crippen LogP contribution in [-0.4, -0.2) is 9.13 Å². The van der Waals surface area contributed by atoms with Gasteiger partial charge in [0.2, 0.25) is 0 Å². The Morgan fingerprint density at radius 2 is 0.851 bits per heavy atom. The van der Waals surface area contributed by atoms with Crippen molar-refractivity contribution in [1.29, 1.82) is 0 Å². The van der Waals surface area contributed by atoms with Gasteiger partial charge in [-0.05, 0) is 70.8 Å². The first-order chi connectivity index (χ1) is 23.3. The van der Waals surface area contributed by atoms with Crippen molar-refractivity contribution < 1.29 is 4.42 Å². The lowest BCUT2D eigenvalue weighted by Gasteiger charge is -2.14. The second-order valence-electron chi connectivity index (χ2n) is 12.5. The predicted octanol–water partition coefficient (Wildman–Crippen LogP) is 12.1. The molecule has 0 aliphatic heterocycles. The smallest absolute Gasteiger partial charge is 0.145 e. The first-order valence-electron chi connectivity index (χ1n) is 16.1. The van der Waals surface area contributed by atoms with E-state index in [0.717, 1.165) is 49.4 Å². The number of benzene rings is 8. The molecule has 0 unspecified atom stereocenters. The van der Waals surface area contributed by atoms with E-state index in [2.05, 4.69) is 167 Å². The lowest BCUT2D eigenvalue weighted by Crippen LogP contribution is -1.96. The molecular formula is C44H26N2O. The van der Waals surface area contributed by atoms with Gasteiger partial charge in [0.25, 0.3) is 0 Å². The zero-order chi connectivity index (χ0) is 30.6. The van der Waals surface area contributed by atoms with Gasteiger partial charge in [-0.2, -0.15) is 0 Å². The molecule has 3 heterocycles. The minimum atomic E-state index is 0.932. The van der Waals surface area contributed by atoms with Crippen molar-refractivity contribution in [1.82, 2.24) is 9.13 Å². The summed E-state index contributed by atoms with van der Waals surface area (Å²) in [5, 5.41) is 11.9. The van der Waals surface area contributed by atoms with Gasteiger partial charge in [-0.3, -0.25) is 0 Å². The molecule has 0 radical (unpaired) electrons. The van der Waals surface area contributed by atoms with Crippen molar-refractivity contribution in [3.05, 3.63) is 158 Å². The first-order valence-corrected chi connectivity index (χ1v) is 16.1.